The second-order valence-corrected chi connectivity index (χ2v) is 11.3. The lowest BCUT2D eigenvalue weighted by Gasteiger charge is -2.30. The highest BCUT2D eigenvalue weighted by Gasteiger charge is 2.33. The molecule has 0 bridgehead atoms. The predicted molar refractivity (Wildman–Crippen MR) is 139 cm³/mol. The number of ether oxygens (including phenoxy) is 1. The summed E-state index contributed by atoms with van der Waals surface area (Å²) < 4.78 is 12.4. The molecule has 2 aromatic rings. The number of hydrogen-bond donors (Lipinski definition) is 1. The van der Waals surface area contributed by atoms with Gasteiger partial charge in [-0.05, 0) is 55.2 Å². The van der Waals surface area contributed by atoms with Gasteiger partial charge in [0.05, 0.1) is 18.8 Å². The number of aryl methyl sites for hydroxylation is 1. The van der Waals surface area contributed by atoms with Gasteiger partial charge in [-0.3, -0.25) is 14.9 Å². The molecular weight excluding hydrogens is 460 g/mol. The molecule has 7 heteroatoms. The first-order chi connectivity index (χ1) is 17.0. The smallest absolute Gasteiger partial charge is 0.226 e. The molecule has 2 fully saturated rings. The molecule has 4 rings (SSSR count). The maximum Gasteiger partial charge on any atom is 0.226 e. The molecule has 1 aliphatic heterocycles. The fourth-order valence-electron chi connectivity index (χ4n) is 5.24. The Bertz CT molecular complexity index is 987. The van der Waals surface area contributed by atoms with E-state index < -0.39 is 0 Å². The number of benzene rings is 1. The zero-order valence-electron chi connectivity index (χ0n) is 21.1. The first-order valence-electron chi connectivity index (χ1n) is 13.0. The van der Waals surface area contributed by atoms with E-state index in [-0.39, 0.29) is 23.2 Å². The lowest BCUT2D eigenvalue weighted by atomic mass is 9.83. The van der Waals surface area contributed by atoms with E-state index in [9.17, 15) is 9.59 Å². The maximum atomic E-state index is 11.9. The molecule has 6 nitrogen and oxygen atoms in total. The molecule has 1 aromatic heterocycles. The van der Waals surface area contributed by atoms with Crippen LogP contribution in [0.3, 0.4) is 0 Å². The SMILES string of the molecule is CCc1oc(-c2ccc(C(C)C)cc2)nc1COC1CCCC(CCC2SCNC2C(=O)C=O)C1. The molecule has 4 unspecified atom stereocenters. The number of Topliss-reactive ketones (excluding diaryl/α,β-unsaturated/α-hetero) is 1. The van der Waals surface area contributed by atoms with Crippen molar-refractivity contribution in [2.24, 2.45) is 5.92 Å². The third-order valence-corrected chi connectivity index (χ3v) is 8.64. The molecule has 4 atom stereocenters. The molecule has 190 valence electrons. The first kappa shape index (κ1) is 26.1. The number of thioether (sulfide) groups is 1. The number of aromatic nitrogens is 1. The Labute approximate surface area is 213 Å². The molecule has 2 heterocycles. The summed E-state index contributed by atoms with van der Waals surface area (Å²) >= 11 is 1.76. The number of nitrogens with zero attached hydrogens (tertiary/aromatic N) is 1. The summed E-state index contributed by atoms with van der Waals surface area (Å²) in [5.41, 5.74) is 3.21. The highest BCUT2D eigenvalue weighted by Crippen LogP contribution is 2.34. The average Bonchev–Trinajstić information content (AvgIpc) is 3.53. The van der Waals surface area contributed by atoms with Crippen molar-refractivity contribution in [3.63, 3.8) is 0 Å². The number of hydrogen-bond acceptors (Lipinski definition) is 7. The summed E-state index contributed by atoms with van der Waals surface area (Å²) in [6.07, 6.45) is 7.99. The van der Waals surface area contributed by atoms with Gasteiger partial charge in [-0.2, -0.15) is 0 Å². The van der Waals surface area contributed by atoms with Crippen molar-refractivity contribution in [2.45, 2.75) is 95.6 Å². The topological polar surface area (TPSA) is 81.4 Å². The van der Waals surface area contributed by atoms with Gasteiger partial charge >= 0.3 is 0 Å². The van der Waals surface area contributed by atoms with Crippen LogP contribution in [0.2, 0.25) is 0 Å². The Morgan fingerprint density at radius 1 is 1.26 bits per heavy atom. The van der Waals surface area contributed by atoms with Gasteiger partial charge in [-0.15, -0.1) is 11.8 Å². The molecular formula is C28H38N2O4S. The fourth-order valence-corrected chi connectivity index (χ4v) is 6.45. The molecule has 0 spiro atoms. The van der Waals surface area contributed by atoms with Crippen LogP contribution in [-0.4, -0.2) is 40.3 Å². The van der Waals surface area contributed by atoms with E-state index in [2.05, 4.69) is 50.4 Å². The van der Waals surface area contributed by atoms with Crippen LogP contribution in [0.1, 0.15) is 82.2 Å². The van der Waals surface area contributed by atoms with Crippen molar-refractivity contribution in [2.75, 3.05) is 5.88 Å². The first-order valence-corrected chi connectivity index (χ1v) is 14.1. The third-order valence-electron chi connectivity index (χ3n) is 7.37. The number of carbonyl (C=O) groups is 2. The molecule has 35 heavy (non-hydrogen) atoms. The van der Waals surface area contributed by atoms with Gasteiger partial charge in [-0.1, -0.05) is 45.7 Å². The van der Waals surface area contributed by atoms with Gasteiger partial charge < -0.3 is 9.15 Å². The Kier molecular flexibility index (Phi) is 9.20. The minimum Gasteiger partial charge on any atom is -0.441 e. The van der Waals surface area contributed by atoms with E-state index >= 15 is 0 Å². The monoisotopic (exact) mass is 498 g/mol. The van der Waals surface area contributed by atoms with Crippen LogP contribution < -0.4 is 5.32 Å². The molecule has 0 amide bonds. The summed E-state index contributed by atoms with van der Waals surface area (Å²) in [7, 11) is 0. The Balaban J connectivity index is 1.30. The molecule has 1 N–H and O–H groups in total. The highest BCUT2D eigenvalue weighted by atomic mass is 32.2. The number of carbonyl (C=O) groups excluding carboxylic acids is 2. The van der Waals surface area contributed by atoms with Crippen molar-refractivity contribution >= 4 is 23.8 Å². The summed E-state index contributed by atoms with van der Waals surface area (Å²) in [5, 5.41) is 3.36. The van der Waals surface area contributed by atoms with E-state index in [0.29, 0.717) is 30.6 Å². The second-order valence-electron chi connectivity index (χ2n) is 10.1. The summed E-state index contributed by atoms with van der Waals surface area (Å²) in [4.78, 5) is 27.6. The third kappa shape index (κ3) is 6.63. The normalized spacial score (nSPS) is 24.7. The Morgan fingerprint density at radius 3 is 2.77 bits per heavy atom. The van der Waals surface area contributed by atoms with Crippen molar-refractivity contribution < 1.29 is 18.7 Å². The van der Waals surface area contributed by atoms with Crippen molar-refractivity contribution in [1.82, 2.24) is 10.3 Å². The number of oxazole rings is 1. The molecule has 2 aliphatic rings. The number of nitrogens with one attached hydrogen (secondary N) is 1. The van der Waals surface area contributed by atoms with Crippen molar-refractivity contribution in [3.8, 4) is 11.5 Å². The molecule has 1 aliphatic carbocycles. The predicted octanol–water partition coefficient (Wildman–Crippen LogP) is 5.68. The minimum atomic E-state index is -0.320. The average molecular weight is 499 g/mol. The zero-order chi connectivity index (χ0) is 24.8. The zero-order valence-corrected chi connectivity index (χ0v) is 21.9. The number of aldehydes is 1. The largest absolute Gasteiger partial charge is 0.441 e. The quantitative estimate of drug-likeness (QED) is 0.315. The number of ketones is 1. The van der Waals surface area contributed by atoms with Crippen LogP contribution in [0.15, 0.2) is 28.7 Å². The van der Waals surface area contributed by atoms with Crippen LogP contribution in [0, 0.1) is 5.92 Å². The maximum absolute atomic E-state index is 11.9. The van der Waals surface area contributed by atoms with Gasteiger partial charge in [0, 0.05) is 23.1 Å². The van der Waals surface area contributed by atoms with Crippen LogP contribution in [0.25, 0.3) is 11.5 Å². The lowest BCUT2D eigenvalue weighted by molar-refractivity contribution is -0.131. The van der Waals surface area contributed by atoms with E-state index in [1.807, 2.05) is 0 Å². The van der Waals surface area contributed by atoms with E-state index in [4.69, 9.17) is 14.1 Å². The van der Waals surface area contributed by atoms with Crippen LogP contribution in [-0.2, 0) is 27.4 Å². The lowest BCUT2D eigenvalue weighted by Crippen LogP contribution is -2.39. The minimum absolute atomic E-state index is 0.198. The van der Waals surface area contributed by atoms with Crippen molar-refractivity contribution in [1.29, 1.82) is 0 Å². The van der Waals surface area contributed by atoms with Crippen LogP contribution in [0.4, 0.5) is 0 Å². The Hall–Kier alpha value is -1.96. The van der Waals surface area contributed by atoms with Crippen molar-refractivity contribution in [3.05, 3.63) is 41.3 Å². The fraction of sp³-hybridized carbons (Fsp3) is 0.607. The van der Waals surface area contributed by atoms with Gasteiger partial charge in [0.2, 0.25) is 11.7 Å². The molecule has 1 saturated carbocycles. The van der Waals surface area contributed by atoms with Crippen LogP contribution in [0.5, 0.6) is 0 Å². The molecule has 1 aromatic carbocycles. The highest BCUT2D eigenvalue weighted by molar-refractivity contribution is 8.00. The molecule has 1 saturated heterocycles. The summed E-state index contributed by atoms with van der Waals surface area (Å²) in [6.45, 7) is 6.95. The van der Waals surface area contributed by atoms with Gasteiger partial charge in [-0.25, -0.2) is 4.98 Å². The number of rotatable bonds is 11. The van der Waals surface area contributed by atoms with E-state index in [1.165, 1.54) is 12.0 Å². The van der Waals surface area contributed by atoms with Crippen LogP contribution >= 0.6 is 11.8 Å². The van der Waals surface area contributed by atoms with Gasteiger partial charge in [0.15, 0.2) is 6.29 Å². The summed E-state index contributed by atoms with van der Waals surface area (Å²) in [6, 6.07) is 8.14. The van der Waals surface area contributed by atoms with Gasteiger partial charge in [0.1, 0.15) is 11.5 Å². The van der Waals surface area contributed by atoms with Gasteiger partial charge in [0.25, 0.3) is 0 Å². The van der Waals surface area contributed by atoms with E-state index in [1.54, 1.807) is 11.8 Å². The van der Waals surface area contributed by atoms with E-state index in [0.717, 1.165) is 61.4 Å². The second kappa shape index (κ2) is 12.3. The standard InChI is InChI=1S/C28H38N2O4S/c1-4-25-23(30-28(34-25)21-11-9-20(10-12-21)18(2)3)16-33-22-7-5-6-19(14-22)8-13-26-27(24(32)15-31)29-17-35-26/h9-12,15,18-19,22,26-27,29H,4-8,13-14,16-17H2,1-3H3. The Morgan fingerprint density at radius 2 is 2.06 bits per heavy atom. The molecule has 0 radical (unpaired) electrons. The summed E-state index contributed by atoms with van der Waals surface area (Å²) in [5.74, 6) is 3.08.